The van der Waals surface area contributed by atoms with E-state index in [9.17, 15) is 5.11 Å². The van der Waals surface area contributed by atoms with Gasteiger partial charge in [0.2, 0.25) is 0 Å². The number of benzene rings is 1. The molecule has 5 rings (SSSR count). The Labute approximate surface area is 197 Å². The molecule has 1 aliphatic heterocycles. The Bertz CT molecular complexity index is 1310. The van der Waals surface area contributed by atoms with Crippen molar-refractivity contribution in [3.8, 4) is 28.1 Å². The molecule has 32 heavy (non-hydrogen) atoms. The smallest absolute Gasteiger partial charge is 0.125 e. The molecule has 3 aromatic heterocycles. The first-order valence-electron chi connectivity index (χ1n) is 10.3. The third-order valence-corrected chi connectivity index (χ3v) is 6.52. The molecule has 0 amide bonds. The van der Waals surface area contributed by atoms with Gasteiger partial charge in [-0.15, -0.1) is 33.9 Å². The van der Waals surface area contributed by atoms with E-state index in [1.807, 2.05) is 18.2 Å². The summed E-state index contributed by atoms with van der Waals surface area (Å²) in [5.41, 5.74) is 6.45. The highest BCUT2D eigenvalue weighted by molar-refractivity contribution is 7.17. The van der Waals surface area contributed by atoms with Gasteiger partial charge in [0.15, 0.2) is 0 Å². The van der Waals surface area contributed by atoms with Gasteiger partial charge in [-0.2, -0.15) is 5.10 Å². The lowest BCUT2D eigenvalue weighted by atomic mass is 9.81. The molecule has 166 valence electrons. The van der Waals surface area contributed by atoms with Crippen LogP contribution >= 0.6 is 23.7 Å². The van der Waals surface area contributed by atoms with Crippen LogP contribution in [0.15, 0.2) is 48.1 Å². The minimum absolute atomic E-state index is 0. The third kappa shape index (κ3) is 4.16. The van der Waals surface area contributed by atoms with Crippen molar-refractivity contribution >= 4 is 39.5 Å². The van der Waals surface area contributed by atoms with E-state index in [0.29, 0.717) is 11.3 Å². The highest BCUT2D eigenvalue weighted by atomic mass is 35.5. The fourth-order valence-corrected chi connectivity index (χ4v) is 5.56. The van der Waals surface area contributed by atoms with Crippen molar-refractivity contribution in [2.24, 2.45) is 0 Å². The van der Waals surface area contributed by atoms with E-state index in [4.69, 9.17) is 0 Å². The van der Waals surface area contributed by atoms with Crippen molar-refractivity contribution < 1.29 is 5.11 Å². The Morgan fingerprint density at radius 1 is 1.03 bits per heavy atom. The largest absolute Gasteiger partial charge is 0.507 e. The van der Waals surface area contributed by atoms with Crippen LogP contribution in [-0.2, 0) is 0 Å². The second kappa shape index (κ2) is 7.99. The number of phenolic OH excluding ortho intramolecular Hbond substituents is 1. The summed E-state index contributed by atoms with van der Waals surface area (Å²) in [5.74, 6) is 0.175. The molecular formula is C24H26ClN5OS. The summed E-state index contributed by atoms with van der Waals surface area (Å²) in [7, 11) is 0. The SMILES string of the molecule is CC1(C)C=C(c2csc3cc(-c4ccc(-c5cn[nH]c5)cc4O)nnc23)CC(C)(C)N1.Cl. The van der Waals surface area contributed by atoms with E-state index < -0.39 is 0 Å². The summed E-state index contributed by atoms with van der Waals surface area (Å²) in [5, 5.41) is 32.3. The summed E-state index contributed by atoms with van der Waals surface area (Å²) in [6, 6.07) is 7.58. The van der Waals surface area contributed by atoms with Gasteiger partial charge in [-0.3, -0.25) is 5.10 Å². The molecule has 0 saturated carbocycles. The van der Waals surface area contributed by atoms with Crippen LogP contribution in [0.2, 0.25) is 0 Å². The number of nitrogens with zero attached hydrogens (tertiary/aromatic N) is 3. The van der Waals surface area contributed by atoms with Crippen LogP contribution in [0.25, 0.3) is 38.2 Å². The molecule has 0 fully saturated rings. The number of phenols is 1. The van der Waals surface area contributed by atoms with Crippen LogP contribution in [0.1, 0.15) is 39.7 Å². The van der Waals surface area contributed by atoms with Crippen molar-refractivity contribution in [1.82, 2.24) is 25.7 Å². The lowest BCUT2D eigenvalue weighted by Crippen LogP contribution is -2.53. The molecule has 0 radical (unpaired) electrons. The van der Waals surface area contributed by atoms with E-state index in [1.165, 1.54) is 5.57 Å². The molecule has 1 aromatic carbocycles. The normalized spacial score (nSPS) is 17.1. The quantitative estimate of drug-likeness (QED) is 0.354. The first kappa shape index (κ1) is 22.5. The van der Waals surface area contributed by atoms with Gasteiger partial charge in [0, 0.05) is 39.3 Å². The number of thiophene rings is 1. The fourth-order valence-electron chi connectivity index (χ4n) is 4.61. The van der Waals surface area contributed by atoms with Crippen LogP contribution in [0, 0.1) is 0 Å². The number of aromatic amines is 1. The lowest BCUT2D eigenvalue weighted by molar-refractivity contribution is 0.297. The Hall–Kier alpha value is -2.74. The van der Waals surface area contributed by atoms with Crippen LogP contribution in [0.5, 0.6) is 5.75 Å². The van der Waals surface area contributed by atoms with E-state index in [-0.39, 0.29) is 29.2 Å². The standard InChI is InChI=1S/C24H25N5OS.ClH/c1-23(2)9-15(10-24(3,4)29-23)18-13-31-21-8-19(27-28-22(18)21)17-6-5-14(7-20(17)30)16-11-25-26-12-16;/h5-9,11-13,29-30H,10H2,1-4H3,(H,25,26);1H. The van der Waals surface area contributed by atoms with E-state index in [2.05, 4.69) is 64.9 Å². The van der Waals surface area contributed by atoms with Crippen LogP contribution in [-0.4, -0.2) is 36.6 Å². The molecular weight excluding hydrogens is 442 g/mol. The molecule has 0 saturated heterocycles. The van der Waals surface area contributed by atoms with Gasteiger partial charge in [-0.05, 0) is 63.5 Å². The molecule has 4 heterocycles. The van der Waals surface area contributed by atoms with Crippen molar-refractivity contribution in [3.63, 3.8) is 0 Å². The van der Waals surface area contributed by atoms with E-state index in [1.54, 1.807) is 29.8 Å². The molecule has 3 N–H and O–H groups in total. The molecule has 0 spiro atoms. The lowest BCUT2D eigenvalue weighted by Gasteiger charge is -2.41. The van der Waals surface area contributed by atoms with Gasteiger partial charge in [-0.25, -0.2) is 0 Å². The average Bonchev–Trinajstić information content (AvgIpc) is 3.35. The van der Waals surface area contributed by atoms with Gasteiger partial charge < -0.3 is 10.4 Å². The number of nitrogens with one attached hydrogen (secondary N) is 2. The van der Waals surface area contributed by atoms with Gasteiger partial charge in [-0.1, -0.05) is 12.1 Å². The Balaban J connectivity index is 0.00000245. The predicted octanol–water partition coefficient (Wildman–Crippen LogP) is 5.81. The molecule has 6 nitrogen and oxygen atoms in total. The molecule has 0 atom stereocenters. The maximum absolute atomic E-state index is 10.6. The highest BCUT2D eigenvalue weighted by Crippen LogP contribution is 2.40. The minimum Gasteiger partial charge on any atom is -0.507 e. The number of aromatic nitrogens is 4. The average molecular weight is 468 g/mol. The zero-order valence-electron chi connectivity index (χ0n) is 18.4. The van der Waals surface area contributed by atoms with Crippen molar-refractivity contribution in [1.29, 1.82) is 0 Å². The van der Waals surface area contributed by atoms with Gasteiger partial charge in [0.1, 0.15) is 11.3 Å². The number of aromatic hydroxyl groups is 1. The summed E-state index contributed by atoms with van der Waals surface area (Å²) in [6.07, 6.45) is 6.76. The first-order valence-corrected chi connectivity index (χ1v) is 11.2. The van der Waals surface area contributed by atoms with Crippen LogP contribution in [0.3, 0.4) is 0 Å². The zero-order chi connectivity index (χ0) is 21.8. The van der Waals surface area contributed by atoms with Crippen molar-refractivity contribution in [2.45, 2.75) is 45.2 Å². The van der Waals surface area contributed by atoms with Crippen molar-refractivity contribution in [3.05, 3.63) is 53.7 Å². The number of hydrogen-bond donors (Lipinski definition) is 3. The van der Waals surface area contributed by atoms with Gasteiger partial charge >= 0.3 is 0 Å². The summed E-state index contributed by atoms with van der Waals surface area (Å²) in [6.45, 7) is 8.86. The number of hydrogen-bond acceptors (Lipinski definition) is 6. The highest BCUT2D eigenvalue weighted by Gasteiger charge is 2.33. The van der Waals surface area contributed by atoms with Gasteiger partial charge in [0.25, 0.3) is 0 Å². The number of halogens is 1. The van der Waals surface area contributed by atoms with Crippen LogP contribution < -0.4 is 5.32 Å². The molecule has 1 aliphatic rings. The molecule has 4 aromatic rings. The molecule has 8 heteroatoms. The number of rotatable bonds is 3. The third-order valence-electron chi connectivity index (χ3n) is 5.60. The van der Waals surface area contributed by atoms with Gasteiger partial charge in [0.05, 0.1) is 16.6 Å². The topological polar surface area (TPSA) is 86.7 Å². The van der Waals surface area contributed by atoms with Crippen molar-refractivity contribution in [2.75, 3.05) is 0 Å². The number of H-pyrrole nitrogens is 1. The summed E-state index contributed by atoms with van der Waals surface area (Å²) >= 11 is 1.67. The molecule has 0 bridgehead atoms. The maximum atomic E-state index is 10.6. The predicted molar refractivity (Wildman–Crippen MR) is 133 cm³/mol. The Morgan fingerprint density at radius 2 is 1.84 bits per heavy atom. The Morgan fingerprint density at radius 3 is 2.53 bits per heavy atom. The van der Waals surface area contributed by atoms with E-state index >= 15 is 0 Å². The molecule has 0 aliphatic carbocycles. The monoisotopic (exact) mass is 467 g/mol. The second-order valence-electron chi connectivity index (χ2n) is 9.39. The fraction of sp³-hybridized carbons (Fsp3) is 0.292. The minimum atomic E-state index is -0.0821. The van der Waals surface area contributed by atoms with E-state index in [0.717, 1.165) is 33.3 Å². The maximum Gasteiger partial charge on any atom is 0.125 e. The second-order valence-corrected chi connectivity index (χ2v) is 10.3. The molecule has 0 unspecified atom stereocenters. The summed E-state index contributed by atoms with van der Waals surface area (Å²) < 4.78 is 1.06. The summed E-state index contributed by atoms with van der Waals surface area (Å²) in [4.78, 5) is 0. The first-order chi connectivity index (χ1) is 14.7. The zero-order valence-corrected chi connectivity index (χ0v) is 20.1. The Kier molecular flexibility index (Phi) is 5.61. The number of fused-ring (bicyclic) bond motifs is 1. The van der Waals surface area contributed by atoms with Crippen LogP contribution in [0.4, 0.5) is 0 Å².